The second kappa shape index (κ2) is 10.6. The number of fused-ring (bicyclic) bond motifs is 3. The quantitative estimate of drug-likeness (QED) is 0.248. The Morgan fingerprint density at radius 2 is 1.71 bits per heavy atom. The Kier molecular flexibility index (Phi) is 8.54. The first-order chi connectivity index (χ1) is 16.3. The maximum atomic E-state index is 12.8. The largest absolute Gasteiger partial charge is 0.469 e. The van der Waals surface area contributed by atoms with Gasteiger partial charge in [0.25, 0.3) is 0 Å². The molecular weight excluding hydrogens is 436 g/mol. The van der Waals surface area contributed by atoms with Crippen LogP contribution in [0.15, 0.2) is 11.6 Å². The topological polar surface area (TPSA) is 52.6 Å². The van der Waals surface area contributed by atoms with Crippen molar-refractivity contribution in [3.63, 3.8) is 0 Å². The van der Waals surface area contributed by atoms with Gasteiger partial charge in [0.15, 0.2) is 0 Å². The number of hydrogen-bond donors (Lipinski definition) is 0. The van der Waals surface area contributed by atoms with Crippen LogP contribution in [0.1, 0.15) is 106 Å². The summed E-state index contributed by atoms with van der Waals surface area (Å²) in [7, 11) is 2.93. The molecular formula is C31H52O4. The van der Waals surface area contributed by atoms with Gasteiger partial charge in [-0.3, -0.25) is 9.59 Å². The molecule has 0 spiro atoms. The smallest absolute Gasteiger partial charge is 0.315 e. The van der Waals surface area contributed by atoms with Crippen molar-refractivity contribution in [3.8, 4) is 0 Å². The molecule has 0 radical (unpaired) electrons. The van der Waals surface area contributed by atoms with Crippen molar-refractivity contribution in [1.82, 2.24) is 0 Å². The Balaban J connectivity index is 1.91. The van der Waals surface area contributed by atoms with Gasteiger partial charge in [-0.25, -0.2) is 0 Å². The molecule has 0 heterocycles. The Morgan fingerprint density at radius 1 is 1.03 bits per heavy atom. The van der Waals surface area contributed by atoms with Gasteiger partial charge in [-0.15, -0.1) is 0 Å². The summed E-state index contributed by atoms with van der Waals surface area (Å²) in [5.74, 6) is 3.58. The molecule has 0 aliphatic heterocycles. The van der Waals surface area contributed by atoms with E-state index in [2.05, 4.69) is 40.7 Å². The van der Waals surface area contributed by atoms with Gasteiger partial charge in [-0.05, 0) is 86.9 Å². The molecule has 0 N–H and O–H groups in total. The maximum absolute atomic E-state index is 12.8. The fourth-order valence-electron chi connectivity index (χ4n) is 9.05. The summed E-state index contributed by atoms with van der Waals surface area (Å²) in [5, 5.41) is 0. The Bertz CT molecular complexity index is 811. The molecule has 0 unspecified atom stereocenters. The highest BCUT2D eigenvalue weighted by Crippen LogP contribution is 2.67. The number of allylic oxidation sites excluding steroid dienone is 1. The third-order valence-corrected chi connectivity index (χ3v) is 10.8. The number of hydrogen-bond acceptors (Lipinski definition) is 4. The highest BCUT2D eigenvalue weighted by Gasteiger charge is 2.60. The molecule has 2 fully saturated rings. The van der Waals surface area contributed by atoms with Gasteiger partial charge in [0.05, 0.1) is 26.1 Å². The summed E-state index contributed by atoms with van der Waals surface area (Å²) in [4.78, 5) is 25.5. The molecule has 4 heteroatoms. The minimum Gasteiger partial charge on any atom is -0.469 e. The zero-order valence-electron chi connectivity index (χ0n) is 24.0. The van der Waals surface area contributed by atoms with E-state index in [-0.39, 0.29) is 11.9 Å². The van der Waals surface area contributed by atoms with E-state index in [0.29, 0.717) is 29.6 Å². The predicted octanol–water partition coefficient (Wildman–Crippen LogP) is 7.61. The number of ether oxygens (including phenoxy) is 2. The van der Waals surface area contributed by atoms with Crippen molar-refractivity contribution in [3.05, 3.63) is 11.6 Å². The summed E-state index contributed by atoms with van der Waals surface area (Å²) < 4.78 is 10.4. The van der Waals surface area contributed by atoms with Crippen molar-refractivity contribution >= 4 is 11.9 Å². The molecule has 3 aliphatic carbocycles. The molecule has 3 rings (SSSR count). The third-order valence-electron chi connectivity index (χ3n) is 10.8. The zero-order valence-corrected chi connectivity index (χ0v) is 24.0. The number of carbonyl (C=O) groups is 2. The van der Waals surface area contributed by atoms with Crippen LogP contribution >= 0.6 is 0 Å². The van der Waals surface area contributed by atoms with Crippen LogP contribution in [0.3, 0.4) is 0 Å². The van der Waals surface area contributed by atoms with E-state index in [1.54, 1.807) is 0 Å². The van der Waals surface area contributed by atoms with Crippen molar-refractivity contribution in [2.24, 2.45) is 51.8 Å². The van der Waals surface area contributed by atoms with E-state index in [1.807, 2.05) is 13.8 Å². The molecule has 0 aromatic carbocycles. The van der Waals surface area contributed by atoms with Gasteiger partial charge < -0.3 is 9.47 Å². The average Bonchev–Trinajstić information content (AvgIpc) is 3.15. The molecule has 35 heavy (non-hydrogen) atoms. The molecule has 7 atom stereocenters. The molecule has 0 aromatic heterocycles. The van der Waals surface area contributed by atoms with E-state index < -0.39 is 10.8 Å². The molecule has 200 valence electrons. The third kappa shape index (κ3) is 5.10. The summed E-state index contributed by atoms with van der Waals surface area (Å²) in [6.07, 6.45) is 12.6. The lowest BCUT2D eigenvalue weighted by Crippen LogP contribution is -2.52. The van der Waals surface area contributed by atoms with Crippen LogP contribution in [-0.4, -0.2) is 26.2 Å². The molecule has 0 saturated heterocycles. The molecule has 0 amide bonds. The van der Waals surface area contributed by atoms with Crippen molar-refractivity contribution in [2.75, 3.05) is 14.2 Å². The summed E-state index contributed by atoms with van der Waals surface area (Å²) in [6, 6.07) is 0. The van der Waals surface area contributed by atoms with Gasteiger partial charge in [-0.1, -0.05) is 65.5 Å². The fourth-order valence-corrected chi connectivity index (χ4v) is 9.05. The number of esters is 2. The van der Waals surface area contributed by atoms with Crippen LogP contribution in [0.4, 0.5) is 0 Å². The lowest BCUT2D eigenvalue weighted by molar-refractivity contribution is -0.153. The Labute approximate surface area is 215 Å². The van der Waals surface area contributed by atoms with E-state index in [0.717, 1.165) is 36.2 Å². The Morgan fingerprint density at radius 3 is 2.31 bits per heavy atom. The lowest BCUT2D eigenvalue weighted by Gasteiger charge is -2.58. The first-order valence-electron chi connectivity index (χ1n) is 14.2. The second-order valence-corrected chi connectivity index (χ2v) is 13.5. The Hall–Kier alpha value is -1.32. The minimum absolute atomic E-state index is 0.184. The molecule has 0 aromatic rings. The number of methoxy groups -OCH3 is 2. The predicted molar refractivity (Wildman–Crippen MR) is 142 cm³/mol. The standard InChI is InChI=1S/C31H52O4/c1-20(2)11-10-12-21(3)23-14-15-24-22-13-16-26(29(4,5)28(33)35-9)31(7,19-27(32)34-8)25(22)17-18-30(23,24)6/h16,20-25H,10-15,17-19H2,1-9H3/t21-,22+,23-,24-,25+,30+,31-/m0/s1. The highest BCUT2D eigenvalue weighted by atomic mass is 16.5. The van der Waals surface area contributed by atoms with Gasteiger partial charge in [0.2, 0.25) is 0 Å². The maximum Gasteiger partial charge on any atom is 0.315 e. The normalized spacial score (nSPS) is 35.7. The summed E-state index contributed by atoms with van der Waals surface area (Å²) in [5.41, 5.74) is 0.305. The summed E-state index contributed by atoms with van der Waals surface area (Å²) in [6.45, 7) is 15.9. The zero-order chi connectivity index (χ0) is 26.2. The van der Waals surface area contributed by atoms with Gasteiger partial charge >= 0.3 is 11.9 Å². The average molecular weight is 489 g/mol. The first kappa shape index (κ1) is 28.3. The number of carbonyl (C=O) groups excluding carboxylic acids is 2. The van der Waals surface area contributed by atoms with Crippen LogP contribution in [0, 0.1) is 51.8 Å². The first-order valence-corrected chi connectivity index (χ1v) is 14.2. The molecule has 4 nitrogen and oxygen atoms in total. The molecule has 2 saturated carbocycles. The van der Waals surface area contributed by atoms with E-state index in [4.69, 9.17) is 9.47 Å². The van der Waals surface area contributed by atoms with E-state index >= 15 is 0 Å². The van der Waals surface area contributed by atoms with E-state index in [9.17, 15) is 9.59 Å². The summed E-state index contributed by atoms with van der Waals surface area (Å²) >= 11 is 0. The SMILES string of the molecule is COC(=O)C[C@]1(C)C(C(C)(C)C(=O)OC)=CC[C@H]2[C@H]1CC[C@@]1(C)[C@H]2CC[C@H]1[C@@H](C)CCCC(C)C. The molecule has 0 bridgehead atoms. The number of rotatable bonds is 9. The van der Waals surface area contributed by atoms with Crippen LogP contribution < -0.4 is 0 Å². The second-order valence-electron chi connectivity index (χ2n) is 13.5. The van der Waals surface area contributed by atoms with Crippen LogP contribution in [-0.2, 0) is 19.1 Å². The molecule has 3 aliphatic rings. The fraction of sp³-hybridized carbons (Fsp3) is 0.871. The van der Waals surface area contributed by atoms with Crippen molar-refractivity contribution < 1.29 is 19.1 Å². The minimum atomic E-state index is -0.758. The lowest BCUT2D eigenvalue weighted by atomic mass is 9.46. The van der Waals surface area contributed by atoms with Crippen LogP contribution in [0.25, 0.3) is 0 Å². The van der Waals surface area contributed by atoms with Crippen LogP contribution in [0.2, 0.25) is 0 Å². The van der Waals surface area contributed by atoms with Gasteiger partial charge in [0.1, 0.15) is 0 Å². The van der Waals surface area contributed by atoms with Gasteiger partial charge in [-0.2, -0.15) is 0 Å². The van der Waals surface area contributed by atoms with E-state index in [1.165, 1.54) is 52.7 Å². The van der Waals surface area contributed by atoms with Crippen LogP contribution in [0.5, 0.6) is 0 Å². The van der Waals surface area contributed by atoms with Crippen molar-refractivity contribution in [2.45, 2.75) is 106 Å². The highest BCUT2D eigenvalue weighted by molar-refractivity contribution is 5.81. The van der Waals surface area contributed by atoms with Crippen molar-refractivity contribution in [1.29, 1.82) is 0 Å². The monoisotopic (exact) mass is 488 g/mol. The van der Waals surface area contributed by atoms with Gasteiger partial charge in [0, 0.05) is 5.41 Å².